The van der Waals surface area contributed by atoms with Crippen molar-refractivity contribution in [2.45, 2.75) is 25.9 Å². The average Bonchev–Trinajstić information content (AvgIpc) is 3.46. The summed E-state index contributed by atoms with van der Waals surface area (Å²) in [6, 6.07) is 7.90. The van der Waals surface area contributed by atoms with Gasteiger partial charge in [0.1, 0.15) is 5.69 Å². The number of carbonyl (C=O) groups is 1. The Hall–Kier alpha value is -3.82. The van der Waals surface area contributed by atoms with E-state index >= 15 is 0 Å². The molecule has 2 aromatic heterocycles. The van der Waals surface area contributed by atoms with Crippen molar-refractivity contribution in [1.29, 1.82) is 0 Å². The van der Waals surface area contributed by atoms with Gasteiger partial charge in [-0.25, -0.2) is 4.79 Å². The monoisotopic (exact) mass is 409 g/mol. The summed E-state index contributed by atoms with van der Waals surface area (Å²) in [5, 5.41) is 15.4. The second-order valence-corrected chi connectivity index (χ2v) is 6.90. The molecule has 10 heteroatoms. The zero-order chi connectivity index (χ0) is 21.1. The molecule has 1 aliphatic rings. The van der Waals surface area contributed by atoms with Crippen LogP contribution < -0.4 is 4.90 Å². The first-order chi connectivity index (χ1) is 14.5. The van der Waals surface area contributed by atoms with E-state index < -0.39 is 17.0 Å². The molecule has 10 nitrogen and oxygen atoms in total. The Bertz CT molecular complexity index is 1060. The van der Waals surface area contributed by atoms with Crippen molar-refractivity contribution in [3.05, 3.63) is 64.3 Å². The van der Waals surface area contributed by atoms with Gasteiger partial charge < -0.3 is 14.2 Å². The van der Waals surface area contributed by atoms with Crippen LogP contribution >= 0.6 is 0 Å². The van der Waals surface area contributed by atoms with Crippen molar-refractivity contribution in [2.24, 2.45) is 0 Å². The van der Waals surface area contributed by atoms with E-state index in [0.29, 0.717) is 17.1 Å². The number of nitro groups is 1. The highest BCUT2D eigenvalue weighted by Crippen LogP contribution is 2.32. The normalized spacial score (nSPS) is 14.5. The highest BCUT2D eigenvalue weighted by Gasteiger charge is 2.26. The van der Waals surface area contributed by atoms with Gasteiger partial charge in [-0.2, -0.15) is 4.98 Å². The van der Waals surface area contributed by atoms with Gasteiger partial charge >= 0.3 is 5.97 Å². The molecule has 0 radical (unpaired) electrons. The molecule has 1 aromatic carbocycles. The molecule has 0 aliphatic carbocycles. The third-order valence-electron chi connectivity index (χ3n) is 4.85. The molecule has 0 spiro atoms. The Morgan fingerprint density at radius 1 is 1.30 bits per heavy atom. The highest BCUT2D eigenvalue weighted by molar-refractivity contribution is 5.91. The van der Waals surface area contributed by atoms with Gasteiger partial charge in [-0.15, -0.1) is 0 Å². The van der Waals surface area contributed by atoms with Crippen molar-refractivity contribution in [3.8, 4) is 11.4 Å². The van der Waals surface area contributed by atoms with Crippen LogP contribution in [0.5, 0.6) is 0 Å². The number of benzene rings is 1. The number of nitrogens with zero attached hydrogens (tertiary/aromatic N) is 5. The molecule has 3 aromatic rings. The van der Waals surface area contributed by atoms with E-state index in [1.165, 1.54) is 12.1 Å². The molecular formula is C20H19N5O5. The molecule has 4 rings (SSSR count). The molecule has 0 amide bonds. The van der Waals surface area contributed by atoms with Crippen LogP contribution in [-0.4, -0.2) is 39.1 Å². The summed E-state index contributed by atoms with van der Waals surface area (Å²) in [5.74, 6) is -0.267. The lowest BCUT2D eigenvalue weighted by molar-refractivity contribution is -0.384. The summed E-state index contributed by atoms with van der Waals surface area (Å²) < 4.78 is 10.6. The topological polar surface area (TPSA) is 124 Å². The number of anilines is 1. The third kappa shape index (κ3) is 3.97. The molecule has 0 N–H and O–H groups in total. The fourth-order valence-corrected chi connectivity index (χ4v) is 3.31. The summed E-state index contributed by atoms with van der Waals surface area (Å²) in [6.45, 7) is 3.11. The van der Waals surface area contributed by atoms with E-state index in [4.69, 9.17) is 9.26 Å². The largest absolute Gasteiger partial charge is 0.449 e. The van der Waals surface area contributed by atoms with Crippen LogP contribution in [0.1, 0.15) is 42.1 Å². The lowest BCUT2D eigenvalue weighted by Gasteiger charge is -2.18. The highest BCUT2D eigenvalue weighted by atomic mass is 16.6. The van der Waals surface area contributed by atoms with Crippen molar-refractivity contribution in [3.63, 3.8) is 0 Å². The van der Waals surface area contributed by atoms with E-state index in [9.17, 15) is 14.9 Å². The standard InChI is InChI=1S/C20H19N5O5/c1-13(19-22-18(23-30-19)15-5-4-8-21-12-15)29-20(26)14-6-7-16(17(11-14)25(27)28)24-9-2-3-10-24/h4-8,11-13H,2-3,9-10H2,1H3/t13-/m1/s1. The van der Waals surface area contributed by atoms with E-state index in [1.807, 2.05) is 4.90 Å². The van der Waals surface area contributed by atoms with Gasteiger partial charge in [0.25, 0.3) is 11.6 Å². The zero-order valence-electron chi connectivity index (χ0n) is 16.2. The summed E-state index contributed by atoms with van der Waals surface area (Å²) in [7, 11) is 0. The number of hydrogen-bond acceptors (Lipinski definition) is 9. The molecule has 3 heterocycles. The maximum absolute atomic E-state index is 12.6. The van der Waals surface area contributed by atoms with Gasteiger partial charge in [0.2, 0.25) is 5.82 Å². The molecule has 154 valence electrons. The molecule has 1 atom stereocenters. The minimum Gasteiger partial charge on any atom is -0.449 e. The lowest BCUT2D eigenvalue weighted by atomic mass is 10.1. The number of pyridine rings is 1. The number of carbonyl (C=O) groups excluding carboxylic acids is 1. The van der Waals surface area contributed by atoms with Crippen LogP contribution in [-0.2, 0) is 4.74 Å². The predicted octanol–water partition coefficient (Wildman–Crippen LogP) is 3.56. The van der Waals surface area contributed by atoms with E-state index in [0.717, 1.165) is 25.9 Å². The van der Waals surface area contributed by atoms with Gasteiger partial charge in [-0.1, -0.05) is 5.16 Å². The van der Waals surface area contributed by atoms with Crippen LogP contribution in [0.3, 0.4) is 0 Å². The molecule has 0 unspecified atom stereocenters. The molecule has 1 saturated heterocycles. The van der Waals surface area contributed by atoms with E-state index in [2.05, 4.69) is 15.1 Å². The van der Waals surface area contributed by atoms with Gasteiger partial charge in [-0.3, -0.25) is 15.1 Å². The first kappa shape index (κ1) is 19.5. The predicted molar refractivity (Wildman–Crippen MR) is 106 cm³/mol. The number of ether oxygens (including phenoxy) is 1. The number of aromatic nitrogens is 3. The van der Waals surface area contributed by atoms with Crippen molar-refractivity contribution in [2.75, 3.05) is 18.0 Å². The second kappa shape index (κ2) is 8.27. The summed E-state index contributed by atoms with van der Waals surface area (Å²) in [4.78, 5) is 33.8. The molecule has 0 saturated carbocycles. The van der Waals surface area contributed by atoms with Crippen molar-refractivity contribution in [1.82, 2.24) is 15.1 Å². The van der Waals surface area contributed by atoms with Crippen LogP contribution in [0.15, 0.2) is 47.2 Å². The van der Waals surface area contributed by atoms with Crippen LogP contribution in [0.4, 0.5) is 11.4 Å². The van der Waals surface area contributed by atoms with Gasteiger partial charge in [0.15, 0.2) is 6.10 Å². The number of esters is 1. The Morgan fingerprint density at radius 3 is 2.80 bits per heavy atom. The number of rotatable bonds is 6. The molecular weight excluding hydrogens is 390 g/mol. The van der Waals surface area contributed by atoms with Crippen LogP contribution in [0.25, 0.3) is 11.4 Å². The number of nitro benzene ring substituents is 1. The molecule has 0 bridgehead atoms. The van der Waals surface area contributed by atoms with E-state index in [-0.39, 0.29) is 17.1 Å². The Balaban J connectivity index is 1.50. The third-order valence-corrected chi connectivity index (χ3v) is 4.85. The Kier molecular flexibility index (Phi) is 5.38. The average molecular weight is 409 g/mol. The first-order valence-corrected chi connectivity index (χ1v) is 9.51. The fourth-order valence-electron chi connectivity index (χ4n) is 3.31. The van der Waals surface area contributed by atoms with Gasteiger partial charge in [-0.05, 0) is 44.0 Å². The van der Waals surface area contributed by atoms with Crippen LogP contribution in [0.2, 0.25) is 0 Å². The maximum Gasteiger partial charge on any atom is 0.339 e. The van der Waals surface area contributed by atoms with E-state index in [1.54, 1.807) is 37.5 Å². The Morgan fingerprint density at radius 2 is 2.10 bits per heavy atom. The Labute approximate surface area is 171 Å². The zero-order valence-corrected chi connectivity index (χ0v) is 16.2. The van der Waals surface area contributed by atoms with Crippen molar-refractivity contribution < 1.29 is 19.0 Å². The fraction of sp³-hybridized carbons (Fsp3) is 0.300. The minimum absolute atomic E-state index is 0.0866. The van der Waals surface area contributed by atoms with Gasteiger partial charge in [0, 0.05) is 37.1 Å². The number of hydrogen-bond donors (Lipinski definition) is 0. The summed E-state index contributed by atoms with van der Waals surface area (Å²) in [5.41, 5.74) is 1.15. The molecule has 1 fully saturated rings. The smallest absolute Gasteiger partial charge is 0.339 e. The maximum atomic E-state index is 12.6. The van der Waals surface area contributed by atoms with Crippen LogP contribution in [0, 0.1) is 10.1 Å². The SMILES string of the molecule is C[C@@H](OC(=O)c1ccc(N2CCCC2)c([N+](=O)[O-])c1)c1nc(-c2cccnc2)no1. The summed E-state index contributed by atoms with van der Waals surface area (Å²) >= 11 is 0. The van der Waals surface area contributed by atoms with Gasteiger partial charge in [0.05, 0.1) is 10.5 Å². The van der Waals surface area contributed by atoms with Crippen molar-refractivity contribution >= 4 is 17.3 Å². The molecule has 1 aliphatic heterocycles. The second-order valence-electron chi connectivity index (χ2n) is 6.90. The lowest BCUT2D eigenvalue weighted by Crippen LogP contribution is -2.19. The molecule has 30 heavy (non-hydrogen) atoms. The minimum atomic E-state index is -0.826. The quantitative estimate of drug-likeness (QED) is 0.341. The first-order valence-electron chi connectivity index (χ1n) is 9.51. The summed E-state index contributed by atoms with van der Waals surface area (Å²) in [6.07, 6.45) is 4.37.